The van der Waals surface area contributed by atoms with E-state index in [2.05, 4.69) is 32.7 Å². The van der Waals surface area contributed by atoms with E-state index in [1.807, 2.05) is 29.6 Å². The smallest absolute Gasteiger partial charge is 0.260 e. The average molecular weight is 418 g/mol. The average Bonchev–Trinajstić information content (AvgIpc) is 3.02. The highest BCUT2D eigenvalue weighted by Gasteiger charge is 2.18. The zero-order valence-electron chi connectivity index (χ0n) is 14.1. The van der Waals surface area contributed by atoms with Crippen molar-refractivity contribution in [2.45, 2.75) is 26.3 Å². The quantitative estimate of drug-likeness (QED) is 0.674. The molecule has 4 rings (SSSR count). The minimum absolute atomic E-state index is 0.0375. The van der Waals surface area contributed by atoms with Crippen LogP contribution in [0.3, 0.4) is 0 Å². The summed E-state index contributed by atoms with van der Waals surface area (Å²) in [6.07, 6.45) is 2.44. The maximum atomic E-state index is 12.7. The van der Waals surface area contributed by atoms with Crippen LogP contribution in [0.4, 0.5) is 0 Å². The molecule has 0 saturated carbocycles. The van der Waals surface area contributed by atoms with Crippen molar-refractivity contribution in [3.05, 3.63) is 50.3 Å². The van der Waals surface area contributed by atoms with Crippen LogP contribution in [0.1, 0.15) is 25.6 Å². The third-order valence-electron chi connectivity index (χ3n) is 4.90. The molecule has 0 amide bonds. The van der Waals surface area contributed by atoms with Gasteiger partial charge in [0.1, 0.15) is 10.7 Å². The molecule has 1 aromatic carbocycles. The fraction of sp³-hybridized carbons (Fsp3) is 0.368. The zero-order valence-corrected chi connectivity index (χ0v) is 16.5. The predicted molar refractivity (Wildman–Crippen MR) is 107 cm³/mol. The van der Waals surface area contributed by atoms with Crippen molar-refractivity contribution in [3.8, 4) is 11.1 Å². The van der Waals surface area contributed by atoms with Gasteiger partial charge in [0, 0.05) is 15.4 Å². The van der Waals surface area contributed by atoms with Crippen LogP contribution in [-0.4, -0.2) is 28.0 Å². The Morgan fingerprint density at radius 1 is 1.28 bits per heavy atom. The van der Waals surface area contributed by atoms with E-state index >= 15 is 0 Å². The van der Waals surface area contributed by atoms with Crippen molar-refractivity contribution in [1.82, 2.24) is 14.9 Å². The van der Waals surface area contributed by atoms with Crippen LogP contribution in [-0.2, 0) is 6.54 Å². The molecule has 4 nitrogen and oxygen atoms in total. The maximum absolute atomic E-state index is 12.7. The SMILES string of the molecule is CC1CCN(Cc2nc3scc(-c4ccc(Br)cc4)c3c(=O)[nH]2)CC1. The Labute approximate surface area is 159 Å². The van der Waals surface area contributed by atoms with Gasteiger partial charge in [0.15, 0.2) is 0 Å². The molecule has 25 heavy (non-hydrogen) atoms. The second kappa shape index (κ2) is 7.02. The Bertz CT molecular complexity index is 939. The number of fused-ring (bicyclic) bond motifs is 1. The Hall–Kier alpha value is -1.50. The first-order valence-corrected chi connectivity index (χ1v) is 10.3. The number of rotatable bonds is 3. The lowest BCUT2D eigenvalue weighted by atomic mass is 9.99. The first kappa shape index (κ1) is 16.9. The first-order chi connectivity index (χ1) is 12.1. The number of hydrogen-bond donors (Lipinski definition) is 1. The number of nitrogens with zero attached hydrogens (tertiary/aromatic N) is 2. The number of thiophene rings is 1. The van der Waals surface area contributed by atoms with Gasteiger partial charge < -0.3 is 4.98 Å². The van der Waals surface area contributed by atoms with Gasteiger partial charge in [-0.3, -0.25) is 9.69 Å². The van der Waals surface area contributed by atoms with E-state index in [0.717, 1.165) is 51.8 Å². The van der Waals surface area contributed by atoms with Crippen molar-refractivity contribution in [2.24, 2.45) is 5.92 Å². The van der Waals surface area contributed by atoms with Crippen LogP contribution in [0.25, 0.3) is 21.3 Å². The van der Waals surface area contributed by atoms with Gasteiger partial charge in [-0.05, 0) is 49.5 Å². The zero-order chi connectivity index (χ0) is 17.4. The summed E-state index contributed by atoms with van der Waals surface area (Å²) in [4.78, 5) is 23.6. The van der Waals surface area contributed by atoms with Crippen LogP contribution in [0.5, 0.6) is 0 Å². The lowest BCUT2D eigenvalue weighted by Crippen LogP contribution is -2.33. The molecule has 1 fully saturated rings. The van der Waals surface area contributed by atoms with Crippen LogP contribution >= 0.6 is 27.3 Å². The molecule has 3 aromatic rings. The highest BCUT2D eigenvalue weighted by atomic mass is 79.9. The fourth-order valence-corrected chi connectivity index (χ4v) is 4.57. The van der Waals surface area contributed by atoms with Crippen LogP contribution in [0, 0.1) is 5.92 Å². The highest BCUT2D eigenvalue weighted by molar-refractivity contribution is 9.10. The van der Waals surface area contributed by atoms with Gasteiger partial charge in [0.05, 0.1) is 11.9 Å². The number of nitrogens with one attached hydrogen (secondary N) is 1. The molecule has 0 atom stereocenters. The lowest BCUT2D eigenvalue weighted by Gasteiger charge is -2.29. The van der Waals surface area contributed by atoms with Gasteiger partial charge in [-0.1, -0.05) is 35.0 Å². The number of aromatic nitrogens is 2. The molecule has 3 heterocycles. The third-order valence-corrected chi connectivity index (χ3v) is 6.30. The number of halogens is 1. The first-order valence-electron chi connectivity index (χ1n) is 8.59. The Morgan fingerprint density at radius 2 is 2.00 bits per heavy atom. The van der Waals surface area contributed by atoms with Gasteiger partial charge in [-0.2, -0.15) is 0 Å². The van der Waals surface area contributed by atoms with Crippen molar-refractivity contribution in [3.63, 3.8) is 0 Å². The van der Waals surface area contributed by atoms with Crippen molar-refractivity contribution in [1.29, 1.82) is 0 Å². The van der Waals surface area contributed by atoms with E-state index in [-0.39, 0.29) is 5.56 Å². The molecule has 1 saturated heterocycles. The van der Waals surface area contributed by atoms with E-state index < -0.39 is 0 Å². The third kappa shape index (κ3) is 3.57. The van der Waals surface area contributed by atoms with Gasteiger partial charge in [0.2, 0.25) is 0 Å². The topological polar surface area (TPSA) is 49.0 Å². The molecule has 6 heteroatoms. The normalized spacial score (nSPS) is 16.6. The molecule has 1 N–H and O–H groups in total. The molecule has 1 aliphatic heterocycles. The summed E-state index contributed by atoms with van der Waals surface area (Å²) in [5.74, 6) is 1.58. The van der Waals surface area contributed by atoms with Crippen LogP contribution in [0.2, 0.25) is 0 Å². The molecule has 130 valence electrons. The lowest BCUT2D eigenvalue weighted by molar-refractivity contribution is 0.181. The molecule has 1 aliphatic rings. The van der Waals surface area contributed by atoms with E-state index in [1.165, 1.54) is 12.8 Å². The number of likely N-dealkylation sites (tertiary alicyclic amines) is 1. The van der Waals surface area contributed by atoms with Gasteiger partial charge >= 0.3 is 0 Å². The molecule has 2 aromatic heterocycles. The minimum Gasteiger partial charge on any atom is -0.309 e. The molecule has 0 aliphatic carbocycles. The van der Waals surface area contributed by atoms with Crippen LogP contribution < -0.4 is 5.56 Å². The standard InChI is InChI=1S/C19H20BrN3OS/c1-12-6-8-23(9-7-12)10-16-21-18(24)17-15(11-25-19(17)22-16)13-2-4-14(20)5-3-13/h2-5,11-12H,6-10H2,1H3,(H,21,22,24). The fourth-order valence-electron chi connectivity index (χ4n) is 3.34. The Balaban J connectivity index is 1.65. The van der Waals surface area contributed by atoms with Gasteiger partial charge in [-0.15, -0.1) is 11.3 Å². The van der Waals surface area contributed by atoms with Crippen molar-refractivity contribution < 1.29 is 0 Å². The monoisotopic (exact) mass is 417 g/mol. The molecular formula is C19H20BrN3OS. The molecular weight excluding hydrogens is 398 g/mol. The Kier molecular flexibility index (Phi) is 4.75. The van der Waals surface area contributed by atoms with Gasteiger partial charge in [0.25, 0.3) is 5.56 Å². The summed E-state index contributed by atoms with van der Waals surface area (Å²) < 4.78 is 1.03. The number of benzene rings is 1. The summed E-state index contributed by atoms with van der Waals surface area (Å²) >= 11 is 4.99. The van der Waals surface area contributed by atoms with Crippen molar-refractivity contribution in [2.75, 3.05) is 13.1 Å². The Morgan fingerprint density at radius 3 is 2.72 bits per heavy atom. The molecule has 0 radical (unpaired) electrons. The number of hydrogen-bond acceptors (Lipinski definition) is 4. The summed E-state index contributed by atoms with van der Waals surface area (Å²) in [6.45, 7) is 5.19. The highest BCUT2D eigenvalue weighted by Crippen LogP contribution is 2.31. The number of piperidine rings is 1. The van der Waals surface area contributed by atoms with Crippen molar-refractivity contribution >= 4 is 37.5 Å². The number of aromatic amines is 1. The van der Waals surface area contributed by atoms with E-state index in [4.69, 9.17) is 4.98 Å². The van der Waals surface area contributed by atoms with E-state index in [0.29, 0.717) is 5.39 Å². The summed E-state index contributed by atoms with van der Waals surface area (Å²) in [5, 5.41) is 2.73. The second-order valence-corrected chi connectivity index (χ2v) is 8.58. The number of H-pyrrole nitrogens is 1. The second-order valence-electron chi connectivity index (χ2n) is 6.81. The van der Waals surface area contributed by atoms with Gasteiger partial charge in [-0.25, -0.2) is 4.98 Å². The minimum atomic E-state index is -0.0375. The van der Waals surface area contributed by atoms with E-state index in [9.17, 15) is 4.79 Å². The molecule has 0 spiro atoms. The molecule has 0 unspecified atom stereocenters. The summed E-state index contributed by atoms with van der Waals surface area (Å²) in [7, 11) is 0. The predicted octanol–water partition coefficient (Wildman–Crippen LogP) is 4.65. The largest absolute Gasteiger partial charge is 0.309 e. The maximum Gasteiger partial charge on any atom is 0.260 e. The summed E-state index contributed by atoms with van der Waals surface area (Å²) in [6, 6.07) is 8.03. The summed E-state index contributed by atoms with van der Waals surface area (Å²) in [5.41, 5.74) is 1.96. The van der Waals surface area contributed by atoms with E-state index in [1.54, 1.807) is 11.3 Å². The van der Waals surface area contributed by atoms with Crippen LogP contribution in [0.15, 0.2) is 38.9 Å². The molecule has 0 bridgehead atoms.